The number of ether oxygens (including phenoxy) is 1. The molecule has 2 N–H and O–H groups in total. The first-order chi connectivity index (χ1) is 13.3. The van der Waals surface area contributed by atoms with Crippen molar-refractivity contribution in [3.8, 4) is 0 Å². The van der Waals surface area contributed by atoms with Crippen molar-refractivity contribution in [1.82, 2.24) is 9.62 Å². The second-order valence-electron chi connectivity index (χ2n) is 7.63. The number of nitrogens with zero attached hydrogens (tertiary/aromatic N) is 1. The molecular weight excluding hydrogens is 418 g/mol. The largest absolute Gasteiger partial charge is 0.379 e. The number of hydrogen-bond donors (Lipinski definition) is 2. The predicted molar refractivity (Wildman–Crippen MR) is 116 cm³/mol. The number of morpholine rings is 1. The van der Waals surface area contributed by atoms with Crippen molar-refractivity contribution in [3.63, 3.8) is 0 Å². The summed E-state index contributed by atoms with van der Waals surface area (Å²) >= 11 is 11.8. The molecule has 0 aromatic heterocycles. The fraction of sp³-hybridized carbons (Fsp3) is 0.632. The number of hydrogen-bond acceptors (Lipinski definition) is 4. The highest BCUT2D eigenvalue weighted by atomic mass is 35.5. The molecule has 2 fully saturated rings. The molecule has 3 unspecified atom stereocenters. The Morgan fingerprint density at radius 2 is 1.96 bits per heavy atom. The van der Waals surface area contributed by atoms with E-state index in [0.717, 1.165) is 6.42 Å². The van der Waals surface area contributed by atoms with Crippen LogP contribution in [-0.4, -0.2) is 50.2 Å². The molecule has 1 heterocycles. The third-order valence-electron chi connectivity index (χ3n) is 5.82. The zero-order valence-electron chi connectivity index (χ0n) is 16.3. The maximum Gasteiger partial charge on any atom is 0.243 e. The lowest BCUT2D eigenvalue weighted by molar-refractivity contribution is 0.0730. The predicted octanol–water partition coefficient (Wildman–Crippen LogP) is 3.47. The summed E-state index contributed by atoms with van der Waals surface area (Å²) in [6.45, 7) is 6.03. The van der Waals surface area contributed by atoms with Crippen LogP contribution >= 0.6 is 23.8 Å². The van der Waals surface area contributed by atoms with Gasteiger partial charge in [0.25, 0.3) is 0 Å². The molecule has 1 aliphatic carbocycles. The van der Waals surface area contributed by atoms with Crippen molar-refractivity contribution in [2.75, 3.05) is 31.6 Å². The lowest BCUT2D eigenvalue weighted by atomic mass is 9.78. The fourth-order valence-corrected chi connectivity index (χ4v) is 5.67. The Kier molecular flexibility index (Phi) is 7.20. The van der Waals surface area contributed by atoms with Gasteiger partial charge in [-0.15, -0.1) is 0 Å². The summed E-state index contributed by atoms with van der Waals surface area (Å²) in [5, 5.41) is 7.36. The van der Waals surface area contributed by atoms with E-state index >= 15 is 0 Å². The monoisotopic (exact) mass is 445 g/mol. The van der Waals surface area contributed by atoms with Crippen molar-refractivity contribution in [1.29, 1.82) is 0 Å². The standard InChI is InChI=1S/C19H28ClN3O3S2/c1-13-4-3-5-17(14(13)2)21-19(27)22-18-12-15(6-7-16(18)20)28(24,25)23-8-10-26-11-9-23/h6-7,12-14,17H,3-5,8-11H2,1-2H3,(H2,21,22,27). The van der Waals surface area contributed by atoms with Crippen LogP contribution in [0.5, 0.6) is 0 Å². The van der Waals surface area contributed by atoms with E-state index in [1.807, 2.05) is 0 Å². The van der Waals surface area contributed by atoms with E-state index in [1.54, 1.807) is 12.1 Å². The summed E-state index contributed by atoms with van der Waals surface area (Å²) in [6.07, 6.45) is 3.50. The van der Waals surface area contributed by atoms with Crippen molar-refractivity contribution in [2.45, 2.75) is 44.0 Å². The molecule has 156 valence electrons. The molecule has 0 spiro atoms. The van der Waals surface area contributed by atoms with Gasteiger partial charge in [-0.25, -0.2) is 8.42 Å². The lowest BCUT2D eigenvalue weighted by Gasteiger charge is -2.35. The first kappa shape index (κ1) is 21.8. The van der Waals surface area contributed by atoms with Crippen LogP contribution in [-0.2, 0) is 14.8 Å². The number of benzene rings is 1. The molecule has 0 bridgehead atoms. The Hall–Kier alpha value is -0.930. The molecule has 28 heavy (non-hydrogen) atoms. The Bertz CT molecular complexity index is 813. The number of thiocarbonyl (C=S) groups is 1. The van der Waals surface area contributed by atoms with Gasteiger partial charge in [0, 0.05) is 19.1 Å². The van der Waals surface area contributed by atoms with Crippen LogP contribution < -0.4 is 10.6 Å². The first-order valence-corrected chi connectivity index (χ1v) is 12.0. The number of halogens is 1. The number of nitrogens with one attached hydrogen (secondary N) is 2. The summed E-state index contributed by atoms with van der Waals surface area (Å²) in [5.74, 6) is 1.18. The molecular formula is C19H28ClN3O3S2. The molecule has 9 heteroatoms. The SMILES string of the molecule is CC1CCCC(NC(=S)Nc2cc(S(=O)(=O)N3CCOCC3)ccc2Cl)C1C. The summed E-state index contributed by atoms with van der Waals surface area (Å²) in [7, 11) is -3.59. The highest BCUT2D eigenvalue weighted by Gasteiger charge is 2.29. The van der Waals surface area contributed by atoms with E-state index in [2.05, 4.69) is 24.5 Å². The van der Waals surface area contributed by atoms with Gasteiger partial charge < -0.3 is 15.4 Å². The Balaban J connectivity index is 1.72. The van der Waals surface area contributed by atoms with Gasteiger partial charge in [-0.3, -0.25) is 0 Å². The molecule has 1 aromatic carbocycles. The zero-order chi connectivity index (χ0) is 20.3. The van der Waals surface area contributed by atoms with Gasteiger partial charge in [-0.1, -0.05) is 38.3 Å². The molecule has 1 aliphatic heterocycles. The minimum absolute atomic E-state index is 0.198. The van der Waals surface area contributed by atoms with Crippen LogP contribution in [0.1, 0.15) is 33.1 Å². The van der Waals surface area contributed by atoms with Gasteiger partial charge in [0.05, 0.1) is 28.8 Å². The highest BCUT2D eigenvalue weighted by Crippen LogP contribution is 2.30. The van der Waals surface area contributed by atoms with Crippen molar-refractivity contribution >= 4 is 44.6 Å². The average molecular weight is 446 g/mol. The van der Waals surface area contributed by atoms with Crippen molar-refractivity contribution in [2.24, 2.45) is 11.8 Å². The second-order valence-corrected chi connectivity index (χ2v) is 10.4. The van der Waals surface area contributed by atoms with Crippen LogP contribution in [0.15, 0.2) is 23.1 Å². The quantitative estimate of drug-likeness (QED) is 0.691. The first-order valence-electron chi connectivity index (χ1n) is 9.74. The van der Waals surface area contributed by atoms with Crippen molar-refractivity contribution < 1.29 is 13.2 Å². The molecule has 6 nitrogen and oxygen atoms in total. The highest BCUT2D eigenvalue weighted by molar-refractivity contribution is 7.89. The average Bonchev–Trinajstić information content (AvgIpc) is 2.68. The smallest absolute Gasteiger partial charge is 0.243 e. The van der Waals surface area contributed by atoms with Crippen LogP contribution in [0.2, 0.25) is 5.02 Å². The molecule has 1 saturated carbocycles. The minimum Gasteiger partial charge on any atom is -0.379 e. The third kappa shape index (κ3) is 4.97. The maximum absolute atomic E-state index is 12.9. The lowest BCUT2D eigenvalue weighted by Crippen LogP contribution is -2.45. The van der Waals surface area contributed by atoms with Crippen LogP contribution in [0.3, 0.4) is 0 Å². The molecule has 3 atom stereocenters. The van der Waals surface area contributed by atoms with Gasteiger partial charge in [0.1, 0.15) is 0 Å². The second kappa shape index (κ2) is 9.26. The molecule has 2 aliphatic rings. The normalized spacial score (nSPS) is 26.6. The third-order valence-corrected chi connectivity index (χ3v) is 8.26. The summed E-state index contributed by atoms with van der Waals surface area (Å²) in [6, 6.07) is 4.97. The fourth-order valence-electron chi connectivity index (χ4n) is 3.81. The van der Waals surface area contributed by atoms with E-state index in [-0.39, 0.29) is 4.90 Å². The Morgan fingerprint density at radius 1 is 1.25 bits per heavy atom. The topological polar surface area (TPSA) is 70.7 Å². The van der Waals surface area contributed by atoms with Crippen LogP contribution in [0, 0.1) is 11.8 Å². The number of anilines is 1. The Labute approximate surface area is 178 Å². The van der Waals surface area contributed by atoms with Gasteiger partial charge in [0.15, 0.2) is 5.11 Å². The maximum atomic E-state index is 12.9. The van der Waals surface area contributed by atoms with Crippen molar-refractivity contribution in [3.05, 3.63) is 23.2 Å². The van der Waals surface area contributed by atoms with E-state index in [4.69, 9.17) is 28.6 Å². The van der Waals surface area contributed by atoms with Crippen LogP contribution in [0.4, 0.5) is 5.69 Å². The number of rotatable bonds is 4. The molecule has 1 saturated heterocycles. The summed E-state index contributed by atoms with van der Waals surface area (Å²) < 4.78 is 32.5. The molecule has 0 radical (unpaired) electrons. The Morgan fingerprint density at radius 3 is 2.68 bits per heavy atom. The summed E-state index contributed by atoms with van der Waals surface area (Å²) in [4.78, 5) is 0.198. The van der Waals surface area contributed by atoms with Gasteiger partial charge in [-0.05, 0) is 48.7 Å². The van der Waals surface area contributed by atoms with E-state index in [1.165, 1.54) is 23.2 Å². The molecule has 3 rings (SSSR count). The van der Waals surface area contributed by atoms with E-state index < -0.39 is 10.0 Å². The van der Waals surface area contributed by atoms with Gasteiger partial charge in [-0.2, -0.15) is 4.31 Å². The minimum atomic E-state index is -3.59. The van der Waals surface area contributed by atoms with E-state index in [9.17, 15) is 8.42 Å². The summed E-state index contributed by atoms with van der Waals surface area (Å²) in [5.41, 5.74) is 0.491. The zero-order valence-corrected chi connectivity index (χ0v) is 18.7. The molecule has 0 amide bonds. The number of sulfonamides is 1. The van der Waals surface area contributed by atoms with E-state index in [0.29, 0.717) is 60.0 Å². The van der Waals surface area contributed by atoms with Gasteiger partial charge in [0.2, 0.25) is 10.0 Å². The molecule has 1 aromatic rings. The van der Waals surface area contributed by atoms with Gasteiger partial charge >= 0.3 is 0 Å². The van der Waals surface area contributed by atoms with Crippen LogP contribution in [0.25, 0.3) is 0 Å².